The SMILES string of the molecule is O=CCN(CC(=O)NC1CC1)C(=O)c1ccc(C(F)(F)F)[nH]1. The van der Waals surface area contributed by atoms with E-state index in [9.17, 15) is 27.6 Å². The van der Waals surface area contributed by atoms with Gasteiger partial charge in [0.15, 0.2) is 0 Å². The first kappa shape index (κ1) is 16.1. The smallest absolute Gasteiger partial charge is 0.352 e. The van der Waals surface area contributed by atoms with Crippen molar-refractivity contribution in [2.75, 3.05) is 13.1 Å². The van der Waals surface area contributed by atoms with E-state index < -0.39 is 23.7 Å². The number of halogens is 3. The lowest BCUT2D eigenvalue weighted by Crippen LogP contribution is -2.42. The van der Waals surface area contributed by atoms with E-state index in [4.69, 9.17) is 0 Å². The fourth-order valence-electron chi connectivity index (χ4n) is 1.84. The maximum atomic E-state index is 12.5. The summed E-state index contributed by atoms with van der Waals surface area (Å²) in [4.78, 5) is 37.2. The van der Waals surface area contributed by atoms with Crippen molar-refractivity contribution in [1.82, 2.24) is 15.2 Å². The Kier molecular flexibility index (Phi) is 4.53. The number of carbonyl (C=O) groups excluding carboxylic acids is 3. The topological polar surface area (TPSA) is 82.3 Å². The van der Waals surface area contributed by atoms with E-state index in [-0.39, 0.29) is 24.8 Å². The average molecular weight is 317 g/mol. The van der Waals surface area contributed by atoms with Crippen molar-refractivity contribution in [3.63, 3.8) is 0 Å². The molecule has 1 aromatic heterocycles. The van der Waals surface area contributed by atoms with Gasteiger partial charge in [0.05, 0.1) is 6.54 Å². The van der Waals surface area contributed by atoms with Gasteiger partial charge in [-0.2, -0.15) is 13.2 Å². The molecule has 6 nitrogen and oxygen atoms in total. The van der Waals surface area contributed by atoms with Crippen LogP contribution in [0.4, 0.5) is 13.2 Å². The summed E-state index contributed by atoms with van der Waals surface area (Å²) >= 11 is 0. The van der Waals surface area contributed by atoms with Crippen molar-refractivity contribution >= 4 is 18.1 Å². The molecule has 1 aliphatic rings. The van der Waals surface area contributed by atoms with Gasteiger partial charge in [-0.25, -0.2) is 0 Å². The van der Waals surface area contributed by atoms with Crippen LogP contribution in [0.2, 0.25) is 0 Å². The molecule has 0 aliphatic heterocycles. The van der Waals surface area contributed by atoms with Gasteiger partial charge in [0, 0.05) is 6.04 Å². The summed E-state index contributed by atoms with van der Waals surface area (Å²) < 4.78 is 37.5. The lowest BCUT2D eigenvalue weighted by atomic mass is 10.3. The van der Waals surface area contributed by atoms with Crippen LogP contribution in [0.3, 0.4) is 0 Å². The second kappa shape index (κ2) is 6.20. The first-order valence-corrected chi connectivity index (χ1v) is 6.59. The highest BCUT2D eigenvalue weighted by Crippen LogP contribution is 2.28. The molecule has 120 valence electrons. The summed E-state index contributed by atoms with van der Waals surface area (Å²) in [5.74, 6) is -1.28. The van der Waals surface area contributed by atoms with Gasteiger partial charge in [-0.3, -0.25) is 9.59 Å². The number of hydrogen-bond donors (Lipinski definition) is 2. The minimum Gasteiger partial charge on any atom is -0.352 e. The normalized spacial score (nSPS) is 14.5. The van der Waals surface area contributed by atoms with Crippen LogP contribution < -0.4 is 5.32 Å². The Morgan fingerprint density at radius 2 is 2.05 bits per heavy atom. The molecule has 9 heteroatoms. The van der Waals surface area contributed by atoms with Gasteiger partial charge >= 0.3 is 6.18 Å². The number of aromatic nitrogens is 1. The number of hydrogen-bond acceptors (Lipinski definition) is 3. The average Bonchev–Trinajstić information content (AvgIpc) is 3.07. The number of alkyl halides is 3. The highest BCUT2D eigenvalue weighted by Gasteiger charge is 2.33. The highest BCUT2D eigenvalue weighted by molar-refractivity contribution is 5.96. The Labute approximate surface area is 123 Å². The zero-order valence-electron chi connectivity index (χ0n) is 11.4. The fraction of sp³-hybridized carbons (Fsp3) is 0.462. The predicted octanol–water partition coefficient (Wildman–Crippen LogP) is 0.953. The summed E-state index contributed by atoms with van der Waals surface area (Å²) in [5, 5.41) is 2.64. The van der Waals surface area contributed by atoms with Crippen molar-refractivity contribution in [3.8, 4) is 0 Å². The van der Waals surface area contributed by atoms with Crippen LogP contribution in [0.5, 0.6) is 0 Å². The van der Waals surface area contributed by atoms with Gasteiger partial charge in [0.1, 0.15) is 24.2 Å². The van der Waals surface area contributed by atoms with Crippen LogP contribution in [0.15, 0.2) is 12.1 Å². The molecule has 0 aromatic carbocycles. The van der Waals surface area contributed by atoms with Crippen LogP contribution in [-0.4, -0.2) is 47.1 Å². The minimum atomic E-state index is -4.60. The second-order valence-corrected chi connectivity index (χ2v) is 4.98. The molecule has 1 fully saturated rings. The number of aldehydes is 1. The van der Waals surface area contributed by atoms with E-state index in [0.29, 0.717) is 6.29 Å². The Balaban J connectivity index is 2.06. The van der Waals surface area contributed by atoms with Gasteiger partial charge in [-0.15, -0.1) is 0 Å². The molecule has 2 rings (SSSR count). The highest BCUT2D eigenvalue weighted by atomic mass is 19.4. The van der Waals surface area contributed by atoms with E-state index in [1.165, 1.54) is 0 Å². The molecule has 0 atom stereocenters. The van der Waals surface area contributed by atoms with Gasteiger partial charge in [-0.05, 0) is 25.0 Å². The Bertz CT molecular complexity index is 579. The first-order chi connectivity index (χ1) is 10.3. The fourth-order valence-corrected chi connectivity index (χ4v) is 1.84. The number of rotatable bonds is 6. The Hall–Kier alpha value is -2.32. The van der Waals surface area contributed by atoms with E-state index in [2.05, 4.69) is 5.32 Å². The summed E-state index contributed by atoms with van der Waals surface area (Å²) in [6, 6.07) is 1.79. The third kappa shape index (κ3) is 4.09. The lowest BCUT2D eigenvalue weighted by Gasteiger charge is -2.19. The van der Waals surface area contributed by atoms with Crippen LogP contribution in [0, 0.1) is 0 Å². The third-order valence-corrected chi connectivity index (χ3v) is 3.08. The van der Waals surface area contributed by atoms with E-state index >= 15 is 0 Å². The number of nitrogens with zero attached hydrogens (tertiary/aromatic N) is 1. The molecule has 2 amide bonds. The molecular weight excluding hydrogens is 303 g/mol. The molecule has 1 heterocycles. The zero-order valence-corrected chi connectivity index (χ0v) is 11.4. The number of carbonyl (C=O) groups is 3. The standard InChI is InChI=1S/C13H14F3N3O3/c14-13(15,16)10-4-3-9(18-10)12(22)19(5-6-20)7-11(21)17-8-1-2-8/h3-4,6,8,18H,1-2,5,7H2,(H,17,21). The lowest BCUT2D eigenvalue weighted by molar-refractivity contribution is -0.140. The molecule has 2 N–H and O–H groups in total. The number of amides is 2. The monoisotopic (exact) mass is 317 g/mol. The first-order valence-electron chi connectivity index (χ1n) is 6.59. The van der Waals surface area contributed by atoms with Crippen molar-refractivity contribution in [3.05, 3.63) is 23.5 Å². The largest absolute Gasteiger partial charge is 0.431 e. The molecule has 0 unspecified atom stereocenters. The molecule has 1 saturated carbocycles. The molecule has 0 spiro atoms. The maximum Gasteiger partial charge on any atom is 0.431 e. The summed E-state index contributed by atoms with van der Waals surface area (Å²) in [6.45, 7) is -0.758. The Morgan fingerprint density at radius 1 is 1.36 bits per heavy atom. The summed E-state index contributed by atoms with van der Waals surface area (Å²) in [5.41, 5.74) is -1.39. The summed E-state index contributed by atoms with van der Waals surface area (Å²) in [6.07, 6.45) is -2.47. The van der Waals surface area contributed by atoms with Gasteiger partial charge in [0.2, 0.25) is 5.91 Å². The van der Waals surface area contributed by atoms with E-state index in [1.54, 1.807) is 0 Å². The zero-order chi connectivity index (χ0) is 16.3. The molecule has 0 radical (unpaired) electrons. The Morgan fingerprint density at radius 3 is 2.55 bits per heavy atom. The van der Waals surface area contributed by atoms with Crippen LogP contribution in [0.25, 0.3) is 0 Å². The molecule has 0 bridgehead atoms. The van der Waals surface area contributed by atoms with Gasteiger partial charge in [-0.1, -0.05) is 0 Å². The maximum absolute atomic E-state index is 12.5. The molecule has 22 heavy (non-hydrogen) atoms. The molecule has 0 saturated heterocycles. The minimum absolute atomic E-state index is 0.0861. The van der Waals surface area contributed by atoms with Crippen LogP contribution >= 0.6 is 0 Å². The van der Waals surface area contributed by atoms with E-state index in [1.807, 2.05) is 4.98 Å². The van der Waals surface area contributed by atoms with Crippen molar-refractivity contribution in [1.29, 1.82) is 0 Å². The van der Waals surface area contributed by atoms with Crippen molar-refractivity contribution in [2.45, 2.75) is 25.1 Å². The number of H-pyrrole nitrogens is 1. The molecular formula is C13H14F3N3O3. The summed E-state index contributed by atoms with van der Waals surface area (Å²) in [7, 11) is 0. The number of aromatic amines is 1. The van der Waals surface area contributed by atoms with Gasteiger partial charge < -0.3 is 20.0 Å². The predicted molar refractivity (Wildman–Crippen MR) is 68.9 cm³/mol. The molecule has 1 aromatic rings. The van der Waals surface area contributed by atoms with Crippen LogP contribution in [0.1, 0.15) is 29.0 Å². The van der Waals surface area contributed by atoms with Crippen molar-refractivity contribution < 1.29 is 27.6 Å². The number of nitrogens with one attached hydrogen (secondary N) is 2. The second-order valence-electron chi connectivity index (χ2n) is 4.98. The van der Waals surface area contributed by atoms with Crippen LogP contribution in [-0.2, 0) is 15.8 Å². The molecule has 1 aliphatic carbocycles. The quantitative estimate of drug-likeness (QED) is 0.767. The van der Waals surface area contributed by atoms with E-state index in [0.717, 1.165) is 29.9 Å². The third-order valence-electron chi connectivity index (χ3n) is 3.08. The van der Waals surface area contributed by atoms with Crippen molar-refractivity contribution in [2.24, 2.45) is 0 Å². The van der Waals surface area contributed by atoms with Gasteiger partial charge in [0.25, 0.3) is 5.91 Å².